The lowest BCUT2D eigenvalue weighted by Gasteiger charge is -2.27. The maximum absolute atomic E-state index is 10.1. The number of aryl methyl sites for hydroxylation is 1. The highest BCUT2D eigenvalue weighted by Gasteiger charge is 2.24. The number of benzene rings is 1. The van der Waals surface area contributed by atoms with Gasteiger partial charge in [0.15, 0.2) is 0 Å². The van der Waals surface area contributed by atoms with E-state index in [9.17, 15) is 5.11 Å². The molecular formula is C14H22O2. The van der Waals surface area contributed by atoms with Gasteiger partial charge in [-0.3, -0.25) is 0 Å². The molecule has 16 heavy (non-hydrogen) atoms. The molecule has 0 aliphatic heterocycles. The molecule has 1 rings (SSSR count). The predicted molar refractivity (Wildman–Crippen MR) is 66.8 cm³/mol. The molecule has 0 saturated carbocycles. The molecule has 1 atom stereocenters. The molecule has 2 heteroatoms. The third kappa shape index (κ3) is 3.53. The lowest BCUT2D eigenvalue weighted by atomic mass is 9.87. The van der Waals surface area contributed by atoms with Crippen molar-refractivity contribution in [3.63, 3.8) is 0 Å². The highest BCUT2D eigenvalue weighted by atomic mass is 16.5. The fraction of sp³-hybridized carbons (Fsp3) is 0.571. The summed E-state index contributed by atoms with van der Waals surface area (Å²) in [7, 11) is 1.67. The van der Waals surface area contributed by atoms with Crippen LogP contribution in [0.25, 0.3) is 0 Å². The van der Waals surface area contributed by atoms with Crippen LogP contribution in [0.5, 0.6) is 5.75 Å². The zero-order valence-electron chi connectivity index (χ0n) is 10.7. The van der Waals surface area contributed by atoms with Gasteiger partial charge in [-0.1, -0.05) is 26.0 Å². The summed E-state index contributed by atoms with van der Waals surface area (Å²) >= 11 is 0. The van der Waals surface area contributed by atoms with Crippen LogP contribution in [0.2, 0.25) is 0 Å². The third-order valence-electron chi connectivity index (χ3n) is 3.30. The molecule has 0 aromatic heterocycles. The summed E-state index contributed by atoms with van der Waals surface area (Å²) in [5, 5.41) is 10.1. The first kappa shape index (κ1) is 13.0. The van der Waals surface area contributed by atoms with E-state index in [1.807, 2.05) is 39.0 Å². The van der Waals surface area contributed by atoms with Crippen molar-refractivity contribution < 1.29 is 9.84 Å². The van der Waals surface area contributed by atoms with Crippen molar-refractivity contribution in [2.24, 2.45) is 5.92 Å². The van der Waals surface area contributed by atoms with Crippen LogP contribution in [0, 0.1) is 5.92 Å². The van der Waals surface area contributed by atoms with Crippen LogP contribution in [0.1, 0.15) is 32.8 Å². The van der Waals surface area contributed by atoms with Gasteiger partial charge in [0.05, 0.1) is 12.7 Å². The van der Waals surface area contributed by atoms with E-state index >= 15 is 0 Å². The topological polar surface area (TPSA) is 29.5 Å². The zero-order chi connectivity index (χ0) is 12.2. The van der Waals surface area contributed by atoms with E-state index in [2.05, 4.69) is 6.07 Å². The first-order valence-corrected chi connectivity index (χ1v) is 5.81. The Morgan fingerprint density at radius 1 is 1.38 bits per heavy atom. The maximum Gasteiger partial charge on any atom is 0.119 e. The second-order valence-electron chi connectivity index (χ2n) is 4.86. The van der Waals surface area contributed by atoms with Gasteiger partial charge in [0.2, 0.25) is 0 Å². The number of rotatable bonds is 5. The van der Waals surface area contributed by atoms with Gasteiger partial charge in [0, 0.05) is 0 Å². The van der Waals surface area contributed by atoms with Crippen molar-refractivity contribution in [3.8, 4) is 5.75 Å². The number of ether oxygens (including phenoxy) is 1. The van der Waals surface area contributed by atoms with Crippen molar-refractivity contribution in [2.45, 2.75) is 39.2 Å². The fourth-order valence-corrected chi connectivity index (χ4v) is 1.51. The second-order valence-corrected chi connectivity index (χ2v) is 4.86. The molecular weight excluding hydrogens is 200 g/mol. The molecule has 0 aliphatic carbocycles. The summed E-state index contributed by atoms with van der Waals surface area (Å²) in [6.07, 6.45) is 1.65. The van der Waals surface area contributed by atoms with Gasteiger partial charge < -0.3 is 9.84 Å². The molecule has 0 saturated heterocycles. The van der Waals surface area contributed by atoms with Gasteiger partial charge in [-0.15, -0.1) is 0 Å². The molecule has 0 aliphatic rings. The average Bonchev–Trinajstić information content (AvgIpc) is 2.26. The molecule has 90 valence electrons. The second kappa shape index (κ2) is 5.35. The van der Waals surface area contributed by atoms with Crippen LogP contribution in [-0.2, 0) is 6.42 Å². The molecule has 1 aromatic rings. The van der Waals surface area contributed by atoms with Crippen molar-refractivity contribution in [3.05, 3.63) is 29.8 Å². The molecule has 1 N–H and O–H groups in total. The largest absolute Gasteiger partial charge is 0.497 e. The lowest BCUT2D eigenvalue weighted by molar-refractivity contribution is 0.00567. The first-order valence-electron chi connectivity index (χ1n) is 5.81. The SMILES string of the molecule is COc1cccc(CCC(C)(O)C(C)C)c1. The Kier molecular flexibility index (Phi) is 4.36. The Hall–Kier alpha value is -1.02. The van der Waals surface area contributed by atoms with E-state index in [1.165, 1.54) is 5.56 Å². The molecule has 2 nitrogen and oxygen atoms in total. The standard InChI is InChI=1S/C14H22O2/c1-11(2)14(3,15)9-8-12-6-5-7-13(10-12)16-4/h5-7,10-11,15H,8-9H2,1-4H3. The van der Waals surface area contributed by atoms with E-state index < -0.39 is 5.60 Å². The highest BCUT2D eigenvalue weighted by Crippen LogP contribution is 2.23. The Balaban J connectivity index is 2.60. The quantitative estimate of drug-likeness (QED) is 0.829. The minimum Gasteiger partial charge on any atom is -0.497 e. The Labute approximate surface area is 98.3 Å². The molecule has 0 amide bonds. The van der Waals surface area contributed by atoms with Gasteiger partial charge in [-0.2, -0.15) is 0 Å². The average molecular weight is 222 g/mol. The Morgan fingerprint density at radius 2 is 2.06 bits per heavy atom. The summed E-state index contributed by atoms with van der Waals surface area (Å²) in [5.41, 5.74) is 0.614. The number of hydrogen-bond acceptors (Lipinski definition) is 2. The van der Waals surface area contributed by atoms with Crippen LogP contribution < -0.4 is 4.74 Å². The van der Waals surface area contributed by atoms with E-state index in [0.29, 0.717) is 0 Å². The summed E-state index contributed by atoms with van der Waals surface area (Å²) < 4.78 is 5.17. The summed E-state index contributed by atoms with van der Waals surface area (Å²) in [5.74, 6) is 1.15. The highest BCUT2D eigenvalue weighted by molar-refractivity contribution is 5.28. The number of methoxy groups -OCH3 is 1. The van der Waals surface area contributed by atoms with Crippen LogP contribution >= 0.6 is 0 Å². The predicted octanol–water partition coefficient (Wildman–Crippen LogP) is 3.03. The summed E-state index contributed by atoms with van der Waals surface area (Å²) in [4.78, 5) is 0. The number of hydrogen-bond donors (Lipinski definition) is 1. The van der Waals surface area contributed by atoms with Gasteiger partial charge in [-0.25, -0.2) is 0 Å². The smallest absolute Gasteiger partial charge is 0.119 e. The van der Waals surface area contributed by atoms with Crippen molar-refractivity contribution in [1.29, 1.82) is 0 Å². The van der Waals surface area contributed by atoms with Crippen LogP contribution in [0.4, 0.5) is 0 Å². The van der Waals surface area contributed by atoms with Crippen LogP contribution in [0.15, 0.2) is 24.3 Å². The molecule has 0 bridgehead atoms. The summed E-state index contributed by atoms with van der Waals surface area (Å²) in [6.45, 7) is 6.00. The van der Waals surface area contributed by atoms with Crippen molar-refractivity contribution in [1.82, 2.24) is 0 Å². The minimum atomic E-state index is -0.594. The maximum atomic E-state index is 10.1. The first-order chi connectivity index (χ1) is 7.45. The summed E-state index contributed by atoms with van der Waals surface area (Å²) in [6, 6.07) is 8.01. The third-order valence-corrected chi connectivity index (χ3v) is 3.30. The van der Waals surface area contributed by atoms with Gasteiger partial charge in [0.1, 0.15) is 5.75 Å². The molecule has 0 radical (unpaired) electrons. The molecule has 0 heterocycles. The zero-order valence-corrected chi connectivity index (χ0v) is 10.7. The van der Waals surface area contributed by atoms with E-state index in [-0.39, 0.29) is 5.92 Å². The van der Waals surface area contributed by atoms with E-state index in [4.69, 9.17) is 4.74 Å². The molecule has 1 aromatic carbocycles. The van der Waals surface area contributed by atoms with E-state index in [0.717, 1.165) is 18.6 Å². The van der Waals surface area contributed by atoms with Gasteiger partial charge in [-0.05, 0) is 43.4 Å². The lowest BCUT2D eigenvalue weighted by Crippen LogP contribution is -2.31. The van der Waals surface area contributed by atoms with Crippen molar-refractivity contribution >= 4 is 0 Å². The molecule has 0 spiro atoms. The minimum absolute atomic E-state index is 0.276. The normalized spacial score (nSPS) is 14.9. The van der Waals surface area contributed by atoms with Crippen LogP contribution in [-0.4, -0.2) is 17.8 Å². The van der Waals surface area contributed by atoms with Gasteiger partial charge >= 0.3 is 0 Å². The molecule has 1 unspecified atom stereocenters. The van der Waals surface area contributed by atoms with Crippen LogP contribution in [0.3, 0.4) is 0 Å². The van der Waals surface area contributed by atoms with E-state index in [1.54, 1.807) is 7.11 Å². The fourth-order valence-electron chi connectivity index (χ4n) is 1.51. The number of aliphatic hydroxyl groups is 1. The Morgan fingerprint density at radius 3 is 2.62 bits per heavy atom. The monoisotopic (exact) mass is 222 g/mol. The van der Waals surface area contributed by atoms with Gasteiger partial charge in [0.25, 0.3) is 0 Å². The molecule has 0 fully saturated rings. The van der Waals surface area contributed by atoms with Crippen molar-refractivity contribution in [2.75, 3.05) is 7.11 Å². The Bertz CT molecular complexity index is 329.